The van der Waals surface area contributed by atoms with Crippen LogP contribution in [0.4, 0.5) is 0 Å². The number of carbonyl (C=O) groups excluding carboxylic acids is 1. The number of hydrogen-bond acceptors (Lipinski definition) is 4. The maximum Gasteiger partial charge on any atom is 0.335 e. The van der Waals surface area contributed by atoms with Crippen molar-refractivity contribution in [1.29, 1.82) is 0 Å². The Morgan fingerprint density at radius 2 is 1.76 bits per heavy atom. The van der Waals surface area contributed by atoms with Gasteiger partial charge in [-0.15, -0.1) is 0 Å². The summed E-state index contributed by atoms with van der Waals surface area (Å²) in [4.78, 5) is 22.8. The molecule has 2 aromatic rings. The van der Waals surface area contributed by atoms with E-state index in [1.165, 1.54) is 12.1 Å². The van der Waals surface area contributed by atoms with Crippen molar-refractivity contribution in [2.45, 2.75) is 19.4 Å². The van der Waals surface area contributed by atoms with Gasteiger partial charge in [0.2, 0.25) is 5.91 Å². The number of methoxy groups -OCH3 is 2. The van der Waals surface area contributed by atoms with Crippen molar-refractivity contribution < 1.29 is 24.2 Å². The van der Waals surface area contributed by atoms with Crippen molar-refractivity contribution in [2.75, 3.05) is 14.2 Å². The summed E-state index contributed by atoms with van der Waals surface area (Å²) in [6.07, 6.45) is 0.871. The zero-order chi connectivity index (χ0) is 18.2. The summed E-state index contributed by atoms with van der Waals surface area (Å²) in [6.45, 7) is 0.365. The van der Waals surface area contributed by atoms with Crippen LogP contribution in [0.3, 0.4) is 0 Å². The lowest BCUT2D eigenvalue weighted by atomic mass is 10.1. The van der Waals surface area contributed by atoms with Crippen LogP contribution in [0.15, 0.2) is 42.5 Å². The molecule has 6 heteroatoms. The van der Waals surface area contributed by atoms with Crippen LogP contribution in [0.5, 0.6) is 11.5 Å². The third-order valence-corrected chi connectivity index (χ3v) is 3.81. The summed E-state index contributed by atoms with van der Waals surface area (Å²) in [7, 11) is 3.15. The Kier molecular flexibility index (Phi) is 6.39. The number of aromatic carboxylic acids is 1. The van der Waals surface area contributed by atoms with Crippen molar-refractivity contribution in [3.8, 4) is 11.5 Å². The molecule has 0 spiro atoms. The molecule has 0 heterocycles. The fraction of sp³-hybridized carbons (Fsp3) is 0.263. The second-order valence-electron chi connectivity index (χ2n) is 5.46. The molecule has 2 aromatic carbocycles. The van der Waals surface area contributed by atoms with Gasteiger partial charge in [0.15, 0.2) is 0 Å². The minimum Gasteiger partial charge on any atom is -0.497 e. The summed E-state index contributed by atoms with van der Waals surface area (Å²) >= 11 is 0. The highest BCUT2D eigenvalue weighted by Crippen LogP contribution is 2.24. The molecule has 0 aliphatic rings. The van der Waals surface area contributed by atoms with Gasteiger partial charge in [-0.2, -0.15) is 0 Å². The van der Waals surface area contributed by atoms with E-state index in [-0.39, 0.29) is 11.5 Å². The molecule has 0 bridgehead atoms. The summed E-state index contributed by atoms with van der Waals surface area (Å²) in [5.41, 5.74) is 2.02. The number of carboxylic acid groups (broad SMARTS) is 1. The first-order valence-electron chi connectivity index (χ1n) is 7.83. The first-order chi connectivity index (χ1) is 12.0. The van der Waals surface area contributed by atoms with Gasteiger partial charge in [0.05, 0.1) is 19.8 Å². The number of carbonyl (C=O) groups is 2. The molecule has 0 radical (unpaired) electrons. The number of benzene rings is 2. The van der Waals surface area contributed by atoms with Crippen LogP contribution in [0, 0.1) is 0 Å². The first kappa shape index (κ1) is 18.3. The second kappa shape index (κ2) is 8.73. The molecule has 0 aliphatic heterocycles. The fourth-order valence-electron chi connectivity index (χ4n) is 2.35. The Labute approximate surface area is 146 Å². The Morgan fingerprint density at radius 1 is 1.04 bits per heavy atom. The van der Waals surface area contributed by atoms with E-state index in [4.69, 9.17) is 14.6 Å². The quantitative estimate of drug-likeness (QED) is 0.770. The number of hydrogen-bond donors (Lipinski definition) is 2. The molecular weight excluding hydrogens is 322 g/mol. The van der Waals surface area contributed by atoms with Gasteiger partial charge in [-0.25, -0.2) is 4.79 Å². The van der Waals surface area contributed by atoms with Crippen LogP contribution in [-0.2, 0) is 17.8 Å². The summed E-state index contributed by atoms with van der Waals surface area (Å²) < 4.78 is 10.4. The predicted octanol–water partition coefficient (Wildman–Crippen LogP) is 2.65. The third kappa shape index (κ3) is 5.24. The molecule has 25 heavy (non-hydrogen) atoms. The second-order valence-corrected chi connectivity index (χ2v) is 5.46. The van der Waals surface area contributed by atoms with E-state index in [1.807, 2.05) is 12.1 Å². The Morgan fingerprint density at radius 3 is 2.36 bits per heavy atom. The van der Waals surface area contributed by atoms with Gasteiger partial charge in [0.25, 0.3) is 0 Å². The van der Waals surface area contributed by atoms with E-state index in [1.54, 1.807) is 32.4 Å². The summed E-state index contributed by atoms with van der Waals surface area (Å²) in [5.74, 6) is 0.304. The van der Waals surface area contributed by atoms with E-state index in [9.17, 15) is 9.59 Å². The zero-order valence-electron chi connectivity index (χ0n) is 14.2. The molecule has 6 nitrogen and oxygen atoms in total. The molecule has 0 atom stereocenters. The van der Waals surface area contributed by atoms with E-state index in [0.29, 0.717) is 30.9 Å². The van der Waals surface area contributed by atoms with Crippen molar-refractivity contribution >= 4 is 11.9 Å². The maximum atomic E-state index is 12.0. The normalized spacial score (nSPS) is 10.2. The smallest absolute Gasteiger partial charge is 0.335 e. The summed E-state index contributed by atoms with van der Waals surface area (Å²) in [6, 6.07) is 12.0. The average molecular weight is 343 g/mol. The molecule has 1 amide bonds. The highest BCUT2D eigenvalue weighted by Gasteiger charge is 2.08. The van der Waals surface area contributed by atoms with E-state index in [0.717, 1.165) is 11.1 Å². The number of rotatable bonds is 8. The van der Waals surface area contributed by atoms with Gasteiger partial charge in [-0.05, 0) is 36.2 Å². The number of ether oxygens (including phenoxy) is 2. The standard InChI is InChI=1S/C19H21NO5/c1-24-16-9-8-15(17(11-16)25-2)12-20-18(21)10-5-13-3-6-14(7-4-13)19(22)23/h3-4,6-9,11H,5,10,12H2,1-2H3,(H,20,21)(H,22,23). The van der Waals surface area contributed by atoms with Gasteiger partial charge < -0.3 is 19.9 Å². The molecule has 132 valence electrons. The summed E-state index contributed by atoms with van der Waals surface area (Å²) in [5, 5.41) is 11.7. The van der Waals surface area contributed by atoms with Crippen molar-refractivity contribution in [3.05, 3.63) is 59.2 Å². The number of carboxylic acids is 1. The number of nitrogens with one attached hydrogen (secondary N) is 1. The lowest BCUT2D eigenvalue weighted by molar-refractivity contribution is -0.121. The van der Waals surface area contributed by atoms with Gasteiger partial charge in [-0.1, -0.05) is 12.1 Å². The average Bonchev–Trinajstić information content (AvgIpc) is 2.64. The molecule has 0 saturated carbocycles. The molecule has 0 aliphatic carbocycles. The van der Waals surface area contributed by atoms with Crippen molar-refractivity contribution in [1.82, 2.24) is 5.32 Å². The highest BCUT2D eigenvalue weighted by molar-refractivity contribution is 5.87. The molecule has 0 saturated heterocycles. The maximum absolute atomic E-state index is 12.0. The van der Waals surface area contributed by atoms with Crippen LogP contribution in [0.2, 0.25) is 0 Å². The van der Waals surface area contributed by atoms with Crippen LogP contribution in [0.25, 0.3) is 0 Å². The molecule has 2 rings (SSSR count). The molecule has 0 unspecified atom stereocenters. The van der Waals surface area contributed by atoms with Crippen molar-refractivity contribution in [2.24, 2.45) is 0 Å². The van der Waals surface area contributed by atoms with Crippen molar-refractivity contribution in [3.63, 3.8) is 0 Å². The lowest BCUT2D eigenvalue weighted by Crippen LogP contribution is -2.23. The van der Waals surface area contributed by atoms with Crippen LogP contribution >= 0.6 is 0 Å². The minimum absolute atomic E-state index is 0.0832. The fourth-order valence-corrected chi connectivity index (χ4v) is 2.35. The van der Waals surface area contributed by atoms with E-state index >= 15 is 0 Å². The molecule has 2 N–H and O–H groups in total. The molecule has 0 fully saturated rings. The van der Waals surface area contributed by atoms with Crippen LogP contribution < -0.4 is 14.8 Å². The van der Waals surface area contributed by atoms with Gasteiger partial charge >= 0.3 is 5.97 Å². The Hall–Kier alpha value is -3.02. The molecule has 0 aromatic heterocycles. The largest absolute Gasteiger partial charge is 0.497 e. The first-order valence-corrected chi connectivity index (χ1v) is 7.83. The van der Waals surface area contributed by atoms with Crippen LogP contribution in [-0.4, -0.2) is 31.2 Å². The lowest BCUT2D eigenvalue weighted by Gasteiger charge is -2.11. The molecular formula is C19H21NO5. The van der Waals surface area contributed by atoms with Gasteiger partial charge in [0.1, 0.15) is 11.5 Å². The topological polar surface area (TPSA) is 84.9 Å². The number of amides is 1. The highest BCUT2D eigenvalue weighted by atomic mass is 16.5. The van der Waals surface area contributed by atoms with Crippen LogP contribution in [0.1, 0.15) is 27.9 Å². The predicted molar refractivity (Wildman–Crippen MR) is 93.1 cm³/mol. The third-order valence-electron chi connectivity index (χ3n) is 3.81. The Balaban J connectivity index is 1.85. The number of aryl methyl sites for hydroxylation is 1. The van der Waals surface area contributed by atoms with Gasteiger partial charge in [0, 0.05) is 24.6 Å². The van der Waals surface area contributed by atoms with E-state index in [2.05, 4.69) is 5.32 Å². The van der Waals surface area contributed by atoms with E-state index < -0.39 is 5.97 Å². The Bertz CT molecular complexity index is 740. The minimum atomic E-state index is -0.960. The SMILES string of the molecule is COc1ccc(CNC(=O)CCc2ccc(C(=O)O)cc2)c(OC)c1. The monoisotopic (exact) mass is 343 g/mol. The zero-order valence-corrected chi connectivity index (χ0v) is 14.2. The van der Waals surface area contributed by atoms with Gasteiger partial charge in [-0.3, -0.25) is 4.79 Å².